The minimum absolute atomic E-state index is 0.0551. The predicted octanol–water partition coefficient (Wildman–Crippen LogP) is 1.92. The summed E-state index contributed by atoms with van der Waals surface area (Å²) in [5.74, 6) is 0.640. The van der Waals surface area contributed by atoms with Gasteiger partial charge in [0.15, 0.2) is 0 Å². The predicted molar refractivity (Wildman–Crippen MR) is 73.7 cm³/mol. The van der Waals surface area contributed by atoms with E-state index in [4.69, 9.17) is 0 Å². The zero-order valence-corrected chi connectivity index (χ0v) is 11.9. The van der Waals surface area contributed by atoms with Crippen LogP contribution >= 0.6 is 15.9 Å². The number of hydrogen-bond donors (Lipinski definition) is 2. The van der Waals surface area contributed by atoms with Crippen molar-refractivity contribution in [1.29, 1.82) is 0 Å². The van der Waals surface area contributed by atoms with Crippen LogP contribution in [0.1, 0.15) is 35.8 Å². The van der Waals surface area contributed by atoms with E-state index >= 15 is 0 Å². The Hall–Kier alpha value is -0.810. The number of nitrogens with one attached hydrogen (secondary N) is 2. The van der Waals surface area contributed by atoms with Gasteiger partial charge in [0.25, 0.3) is 5.91 Å². The minimum atomic E-state index is 0.0551. The van der Waals surface area contributed by atoms with E-state index in [1.54, 1.807) is 0 Å². The third-order valence-electron chi connectivity index (χ3n) is 3.70. The molecule has 1 aliphatic heterocycles. The molecule has 2 aliphatic rings. The summed E-state index contributed by atoms with van der Waals surface area (Å²) in [6.45, 7) is 2.87. The van der Waals surface area contributed by atoms with Gasteiger partial charge in [-0.2, -0.15) is 0 Å². The van der Waals surface area contributed by atoms with Crippen LogP contribution in [0.5, 0.6) is 0 Å². The fraction of sp³-hybridized carbons (Fsp3) is 0.615. The number of amides is 1. The summed E-state index contributed by atoms with van der Waals surface area (Å²) < 4.78 is 3.09. The maximum Gasteiger partial charge on any atom is 0.267 e. The second-order valence-corrected chi connectivity index (χ2v) is 6.17. The molecule has 1 saturated heterocycles. The molecule has 1 atom stereocenters. The summed E-state index contributed by atoms with van der Waals surface area (Å²) in [5, 5.41) is 6.37. The third-order valence-corrected chi connectivity index (χ3v) is 4.14. The van der Waals surface area contributed by atoms with Gasteiger partial charge in [-0.1, -0.05) is 0 Å². The van der Waals surface area contributed by atoms with Gasteiger partial charge in [0.1, 0.15) is 5.69 Å². The Labute approximate surface area is 115 Å². The molecule has 1 aliphatic carbocycles. The molecule has 2 fully saturated rings. The number of carbonyl (C=O) groups is 1. The van der Waals surface area contributed by atoms with Gasteiger partial charge in [0.05, 0.1) is 0 Å². The van der Waals surface area contributed by atoms with Crippen LogP contribution in [0, 0.1) is 5.92 Å². The molecule has 0 radical (unpaired) electrons. The van der Waals surface area contributed by atoms with Crippen LogP contribution in [0.2, 0.25) is 0 Å². The number of hydrogen-bond acceptors (Lipinski definition) is 2. The molecule has 5 heteroatoms. The molecule has 2 N–H and O–H groups in total. The van der Waals surface area contributed by atoms with Gasteiger partial charge in [-0.25, -0.2) is 0 Å². The molecular formula is C13H18BrN3O. The van der Waals surface area contributed by atoms with Gasteiger partial charge < -0.3 is 15.2 Å². The average molecular weight is 312 g/mol. The average Bonchev–Trinajstić information content (AvgIpc) is 2.92. The second-order valence-electron chi connectivity index (χ2n) is 5.25. The van der Waals surface area contributed by atoms with Gasteiger partial charge in [0.2, 0.25) is 0 Å². The normalized spacial score (nSPS) is 23.3. The molecule has 0 spiro atoms. The molecule has 3 rings (SSSR count). The molecule has 1 amide bonds. The fourth-order valence-corrected chi connectivity index (χ4v) is 2.94. The topological polar surface area (TPSA) is 46.1 Å². The van der Waals surface area contributed by atoms with Crippen molar-refractivity contribution in [2.24, 2.45) is 5.92 Å². The van der Waals surface area contributed by atoms with Crippen LogP contribution in [-0.2, 0) is 0 Å². The van der Waals surface area contributed by atoms with Crippen LogP contribution in [0.3, 0.4) is 0 Å². The zero-order chi connectivity index (χ0) is 12.5. The van der Waals surface area contributed by atoms with Crippen LogP contribution in [-0.4, -0.2) is 30.1 Å². The Balaban J connectivity index is 1.64. The molecule has 4 nitrogen and oxygen atoms in total. The largest absolute Gasteiger partial charge is 0.350 e. The lowest BCUT2D eigenvalue weighted by molar-refractivity contribution is 0.0938. The van der Waals surface area contributed by atoms with Crippen molar-refractivity contribution in [2.45, 2.75) is 25.3 Å². The molecule has 1 saturated carbocycles. The van der Waals surface area contributed by atoms with Crippen LogP contribution in [0.4, 0.5) is 0 Å². The summed E-state index contributed by atoms with van der Waals surface area (Å²) in [7, 11) is 0. The van der Waals surface area contributed by atoms with Crippen molar-refractivity contribution in [3.8, 4) is 0 Å². The highest BCUT2D eigenvalue weighted by molar-refractivity contribution is 9.10. The number of aromatic nitrogens is 1. The zero-order valence-electron chi connectivity index (χ0n) is 10.3. The maximum absolute atomic E-state index is 12.2. The SMILES string of the molecule is O=C(NCC1CCNC1)c1cc(Br)cn1C1CC1. The van der Waals surface area contributed by atoms with Crippen molar-refractivity contribution in [1.82, 2.24) is 15.2 Å². The molecular weight excluding hydrogens is 294 g/mol. The molecule has 0 bridgehead atoms. The van der Waals surface area contributed by atoms with Crippen molar-refractivity contribution in [3.05, 3.63) is 22.4 Å². The van der Waals surface area contributed by atoms with E-state index < -0.39 is 0 Å². The van der Waals surface area contributed by atoms with Gasteiger partial charge in [-0.3, -0.25) is 4.79 Å². The molecule has 98 valence electrons. The van der Waals surface area contributed by atoms with Crippen LogP contribution in [0.25, 0.3) is 0 Å². The van der Waals surface area contributed by atoms with Gasteiger partial charge in [-0.15, -0.1) is 0 Å². The Morgan fingerprint density at radius 3 is 3.00 bits per heavy atom. The lowest BCUT2D eigenvalue weighted by Gasteiger charge is -2.11. The van der Waals surface area contributed by atoms with E-state index in [0.29, 0.717) is 12.0 Å². The Bertz CT molecular complexity index is 447. The highest BCUT2D eigenvalue weighted by Gasteiger charge is 2.28. The Kier molecular flexibility index (Phi) is 3.43. The summed E-state index contributed by atoms with van der Waals surface area (Å²) in [4.78, 5) is 12.2. The van der Waals surface area contributed by atoms with Crippen molar-refractivity contribution in [2.75, 3.05) is 19.6 Å². The Morgan fingerprint density at radius 1 is 1.50 bits per heavy atom. The van der Waals surface area contributed by atoms with Crippen molar-refractivity contribution >= 4 is 21.8 Å². The molecule has 2 heterocycles. The monoisotopic (exact) mass is 311 g/mol. The minimum Gasteiger partial charge on any atom is -0.350 e. The molecule has 1 unspecified atom stereocenters. The van der Waals surface area contributed by atoms with E-state index in [-0.39, 0.29) is 5.91 Å². The first kappa shape index (κ1) is 12.2. The molecule has 18 heavy (non-hydrogen) atoms. The first-order valence-corrected chi connectivity index (χ1v) is 7.39. The lowest BCUT2D eigenvalue weighted by atomic mass is 10.1. The van der Waals surface area contributed by atoms with Crippen molar-refractivity contribution in [3.63, 3.8) is 0 Å². The lowest BCUT2D eigenvalue weighted by Crippen LogP contribution is -2.31. The second kappa shape index (κ2) is 5.05. The van der Waals surface area contributed by atoms with Gasteiger partial charge >= 0.3 is 0 Å². The first-order chi connectivity index (χ1) is 8.74. The summed E-state index contributed by atoms with van der Waals surface area (Å²) in [5.41, 5.74) is 0.787. The molecule has 1 aromatic rings. The Morgan fingerprint density at radius 2 is 2.33 bits per heavy atom. The van der Waals surface area contributed by atoms with Crippen LogP contribution in [0.15, 0.2) is 16.7 Å². The van der Waals surface area contributed by atoms with E-state index in [0.717, 1.165) is 36.2 Å². The molecule has 0 aromatic carbocycles. The van der Waals surface area contributed by atoms with E-state index in [1.165, 1.54) is 12.8 Å². The van der Waals surface area contributed by atoms with Crippen molar-refractivity contribution < 1.29 is 4.79 Å². The van der Waals surface area contributed by atoms with Gasteiger partial charge in [0, 0.05) is 23.3 Å². The van der Waals surface area contributed by atoms with E-state index in [9.17, 15) is 4.79 Å². The standard InChI is InChI=1S/C13H18BrN3O/c14-10-5-12(17(8-10)11-1-2-11)13(18)16-7-9-3-4-15-6-9/h5,8-9,11,15H,1-4,6-7H2,(H,16,18). The first-order valence-electron chi connectivity index (χ1n) is 6.60. The van der Waals surface area contributed by atoms with Gasteiger partial charge in [-0.05, 0) is 60.3 Å². The number of rotatable bonds is 4. The van der Waals surface area contributed by atoms with Crippen LogP contribution < -0.4 is 10.6 Å². The van der Waals surface area contributed by atoms with E-state index in [1.807, 2.05) is 12.3 Å². The van der Waals surface area contributed by atoms with E-state index in [2.05, 4.69) is 31.1 Å². The number of carbonyl (C=O) groups excluding carboxylic acids is 1. The summed E-state index contributed by atoms with van der Waals surface area (Å²) in [6.07, 6.45) is 5.55. The third kappa shape index (κ3) is 2.62. The summed E-state index contributed by atoms with van der Waals surface area (Å²) >= 11 is 3.45. The highest BCUT2D eigenvalue weighted by Crippen LogP contribution is 2.37. The molecule has 1 aromatic heterocycles. The number of nitrogens with zero attached hydrogens (tertiary/aromatic N) is 1. The smallest absolute Gasteiger partial charge is 0.267 e. The highest BCUT2D eigenvalue weighted by atomic mass is 79.9. The number of halogens is 1. The summed E-state index contributed by atoms with van der Waals surface area (Å²) in [6, 6.07) is 2.45. The quantitative estimate of drug-likeness (QED) is 0.892. The maximum atomic E-state index is 12.2. The fourth-order valence-electron chi connectivity index (χ4n) is 2.50.